The summed E-state index contributed by atoms with van der Waals surface area (Å²) < 4.78 is 0. The molecule has 1 amide bonds. The van der Waals surface area contributed by atoms with Gasteiger partial charge in [-0.15, -0.1) is 0 Å². The van der Waals surface area contributed by atoms with E-state index in [1.807, 2.05) is 17.2 Å². The third-order valence-electron chi connectivity index (χ3n) is 5.62. The van der Waals surface area contributed by atoms with Crippen LogP contribution in [0.4, 0.5) is 0 Å². The van der Waals surface area contributed by atoms with E-state index in [9.17, 15) is 4.79 Å². The van der Waals surface area contributed by atoms with Crippen molar-refractivity contribution in [2.45, 2.75) is 44.1 Å². The molecule has 2 fully saturated rings. The Balaban J connectivity index is 1.44. The number of piperidine rings is 1. The minimum absolute atomic E-state index is 0.0591. The second-order valence-electron chi connectivity index (χ2n) is 6.94. The highest BCUT2D eigenvalue weighted by Gasteiger charge is 2.35. The highest BCUT2D eigenvalue weighted by atomic mass is 16.2. The summed E-state index contributed by atoms with van der Waals surface area (Å²) in [4.78, 5) is 22.3. The smallest absolute Gasteiger partial charge is 0.227 e. The maximum Gasteiger partial charge on any atom is 0.227 e. The minimum Gasteiger partial charge on any atom is -0.346 e. The Morgan fingerprint density at radius 1 is 1.26 bits per heavy atom. The van der Waals surface area contributed by atoms with Crippen molar-refractivity contribution < 1.29 is 4.79 Å². The molecule has 3 heterocycles. The van der Waals surface area contributed by atoms with Crippen molar-refractivity contribution in [2.75, 3.05) is 13.1 Å². The molecular formula is C18H24N4O. The molecule has 0 bridgehead atoms. The van der Waals surface area contributed by atoms with E-state index in [1.165, 1.54) is 10.9 Å². The number of likely N-dealkylation sites (tertiary alicyclic amines) is 1. The fourth-order valence-electron chi connectivity index (χ4n) is 4.26. The largest absolute Gasteiger partial charge is 0.346 e. The van der Waals surface area contributed by atoms with E-state index in [4.69, 9.17) is 5.73 Å². The highest BCUT2D eigenvalue weighted by molar-refractivity contribution is 5.81. The van der Waals surface area contributed by atoms with E-state index in [2.05, 4.69) is 22.2 Å². The van der Waals surface area contributed by atoms with E-state index in [0.717, 1.165) is 50.8 Å². The first-order valence-electron chi connectivity index (χ1n) is 8.70. The lowest BCUT2D eigenvalue weighted by Gasteiger charge is -2.34. The molecule has 2 aromatic heterocycles. The molecule has 2 aromatic rings. The van der Waals surface area contributed by atoms with Crippen molar-refractivity contribution in [1.82, 2.24) is 14.9 Å². The summed E-state index contributed by atoms with van der Waals surface area (Å²) >= 11 is 0. The summed E-state index contributed by atoms with van der Waals surface area (Å²) in [5.74, 6) is 0.854. The van der Waals surface area contributed by atoms with Crippen LogP contribution in [0.3, 0.4) is 0 Å². The SMILES string of the molecule is NC1CCCC1C(=O)N1CCC(c2c[nH]c3ncccc23)CC1. The standard InChI is InChI=1S/C18H24N4O/c19-16-5-1-3-14(16)18(23)22-9-6-12(7-10-22)15-11-21-17-13(15)4-2-8-20-17/h2,4,8,11-12,14,16H,1,3,5-7,9-10,19H2,(H,20,21). The Hall–Kier alpha value is -1.88. The van der Waals surface area contributed by atoms with E-state index in [-0.39, 0.29) is 17.9 Å². The van der Waals surface area contributed by atoms with Crippen molar-refractivity contribution in [3.05, 3.63) is 30.1 Å². The number of pyridine rings is 1. The number of nitrogens with one attached hydrogen (secondary N) is 1. The van der Waals surface area contributed by atoms with Gasteiger partial charge in [-0.2, -0.15) is 0 Å². The van der Waals surface area contributed by atoms with Gasteiger partial charge in [0, 0.05) is 36.9 Å². The lowest BCUT2D eigenvalue weighted by atomic mass is 9.88. The lowest BCUT2D eigenvalue weighted by Crippen LogP contribution is -2.45. The van der Waals surface area contributed by atoms with Crippen LogP contribution in [0.15, 0.2) is 24.5 Å². The summed E-state index contributed by atoms with van der Waals surface area (Å²) in [7, 11) is 0. The zero-order valence-corrected chi connectivity index (χ0v) is 13.4. The molecule has 1 aliphatic heterocycles. The number of fused-ring (bicyclic) bond motifs is 1. The van der Waals surface area contributed by atoms with Crippen LogP contribution in [-0.2, 0) is 4.79 Å². The predicted octanol–water partition coefficient (Wildman–Crippen LogP) is 2.40. The van der Waals surface area contributed by atoms with Gasteiger partial charge in [-0.3, -0.25) is 4.79 Å². The Morgan fingerprint density at radius 2 is 2.09 bits per heavy atom. The molecule has 4 rings (SSSR count). The first kappa shape index (κ1) is 14.7. The lowest BCUT2D eigenvalue weighted by molar-refractivity contribution is -0.136. The first-order valence-corrected chi connectivity index (χ1v) is 8.70. The molecule has 5 nitrogen and oxygen atoms in total. The van der Waals surface area contributed by atoms with E-state index >= 15 is 0 Å². The number of nitrogens with zero attached hydrogens (tertiary/aromatic N) is 2. The second-order valence-corrected chi connectivity index (χ2v) is 6.94. The van der Waals surface area contributed by atoms with Crippen molar-refractivity contribution in [3.63, 3.8) is 0 Å². The number of aromatic nitrogens is 2. The van der Waals surface area contributed by atoms with Gasteiger partial charge in [0.25, 0.3) is 0 Å². The van der Waals surface area contributed by atoms with Gasteiger partial charge in [-0.25, -0.2) is 4.98 Å². The van der Waals surface area contributed by atoms with Gasteiger partial charge in [-0.1, -0.05) is 6.42 Å². The zero-order valence-electron chi connectivity index (χ0n) is 13.4. The van der Waals surface area contributed by atoms with Crippen molar-refractivity contribution in [1.29, 1.82) is 0 Å². The van der Waals surface area contributed by atoms with Gasteiger partial charge in [-0.05, 0) is 49.3 Å². The first-order chi connectivity index (χ1) is 11.2. The number of amides is 1. The summed E-state index contributed by atoms with van der Waals surface area (Å²) in [6, 6.07) is 4.18. The van der Waals surface area contributed by atoms with Crippen LogP contribution in [0.25, 0.3) is 11.0 Å². The van der Waals surface area contributed by atoms with E-state index in [0.29, 0.717) is 5.92 Å². The maximum absolute atomic E-state index is 12.6. The molecule has 0 aromatic carbocycles. The summed E-state index contributed by atoms with van der Waals surface area (Å²) in [5, 5.41) is 1.22. The molecule has 2 aliphatic rings. The van der Waals surface area contributed by atoms with Crippen LogP contribution in [-0.4, -0.2) is 39.9 Å². The number of carbonyl (C=O) groups is 1. The fourth-order valence-corrected chi connectivity index (χ4v) is 4.26. The monoisotopic (exact) mass is 312 g/mol. The van der Waals surface area contributed by atoms with Crippen LogP contribution in [0, 0.1) is 5.92 Å². The molecule has 1 saturated carbocycles. The van der Waals surface area contributed by atoms with Crippen molar-refractivity contribution in [3.8, 4) is 0 Å². The van der Waals surface area contributed by atoms with Gasteiger partial charge >= 0.3 is 0 Å². The Bertz CT molecular complexity index is 702. The number of hydrogen-bond acceptors (Lipinski definition) is 3. The normalized spacial score (nSPS) is 26.0. The van der Waals surface area contributed by atoms with Crippen LogP contribution in [0.1, 0.15) is 43.6 Å². The second kappa shape index (κ2) is 5.96. The zero-order chi connectivity index (χ0) is 15.8. The van der Waals surface area contributed by atoms with Crippen LogP contribution in [0.2, 0.25) is 0 Å². The number of carbonyl (C=O) groups excluding carboxylic acids is 1. The van der Waals surface area contributed by atoms with Gasteiger partial charge < -0.3 is 15.6 Å². The van der Waals surface area contributed by atoms with Gasteiger partial charge in [0.2, 0.25) is 5.91 Å². The molecular weight excluding hydrogens is 288 g/mol. The Kier molecular flexibility index (Phi) is 3.81. The summed E-state index contributed by atoms with van der Waals surface area (Å²) in [6.07, 6.45) is 9.01. The van der Waals surface area contributed by atoms with Crippen LogP contribution < -0.4 is 5.73 Å². The van der Waals surface area contributed by atoms with E-state index < -0.39 is 0 Å². The number of aromatic amines is 1. The number of nitrogens with two attached hydrogens (primary N) is 1. The van der Waals surface area contributed by atoms with Crippen molar-refractivity contribution in [2.24, 2.45) is 11.7 Å². The molecule has 5 heteroatoms. The third-order valence-corrected chi connectivity index (χ3v) is 5.62. The van der Waals surface area contributed by atoms with Crippen LogP contribution >= 0.6 is 0 Å². The molecule has 122 valence electrons. The summed E-state index contributed by atoms with van der Waals surface area (Å²) in [6.45, 7) is 1.69. The fraction of sp³-hybridized carbons (Fsp3) is 0.556. The Labute approximate surface area is 136 Å². The van der Waals surface area contributed by atoms with Gasteiger partial charge in [0.05, 0.1) is 5.92 Å². The quantitative estimate of drug-likeness (QED) is 0.894. The van der Waals surface area contributed by atoms with E-state index in [1.54, 1.807) is 0 Å². The average molecular weight is 312 g/mol. The van der Waals surface area contributed by atoms with Crippen LogP contribution in [0.5, 0.6) is 0 Å². The number of hydrogen-bond donors (Lipinski definition) is 2. The third kappa shape index (κ3) is 2.63. The molecule has 2 unspecified atom stereocenters. The Morgan fingerprint density at radius 3 is 2.83 bits per heavy atom. The molecule has 3 N–H and O–H groups in total. The molecule has 0 spiro atoms. The topological polar surface area (TPSA) is 75.0 Å². The molecule has 23 heavy (non-hydrogen) atoms. The number of H-pyrrole nitrogens is 1. The minimum atomic E-state index is 0.0591. The van der Waals surface area contributed by atoms with Gasteiger partial charge in [0.15, 0.2) is 0 Å². The molecule has 2 atom stereocenters. The van der Waals surface area contributed by atoms with Gasteiger partial charge in [0.1, 0.15) is 5.65 Å². The molecule has 0 radical (unpaired) electrons. The average Bonchev–Trinajstić information content (AvgIpc) is 3.20. The van der Waals surface area contributed by atoms with Crippen molar-refractivity contribution >= 4 is 16.9 Å². The number of rotatable bonds is 2. The maximum atomic E-state index is 12.6. The predicted molar refractivity (Wildman–Crippen MR) is 90.0 cm³/mol. The highest BCUT2D eigenvalue weighted by Crippen LogP contribution is 2.34. The molecule has 1 aliphatic carbocycles. The molecule has 1 saturated heterocycles. The summed E-state index contributed by atoms with van der Waals surface area (Å²) in [5.41, 5.74) is 8.40.